The van der Waals surface area contributed by atoms with Crippen LogP contribution >= 0.6 is 35.1 Å². The third-order valence-corrected chi connectivity index (χ3v) is 9.70. The minimum absolute atomic E-state index is 0.00753. The van der Waals surface area contributed by atoms with Crippen LogP contribution < -0.4 is 0 Å². The highest BCUT2D eigenvalue weighted by atomic mass is 35.5. The summed E-state index contributed by atoms with van der Waals surface area (Å²) in [5, 5.41) is 10.6. The van der Waals surface area contributed by atoms with E-state index >= 15 is 0 Å². The number of hydrogen-bond acceptors (Lipinski definition) is 4. The molecule has 6 rings (SSSR count). The molecule has 0 bridgehead atoms. The molecule has 0 fully saturated rings. The van der Waals surface area contributed by atoms with Gasteiger partial charge in [-0.1, -0.05) is 95.8 Å². The molecule has 0 unspecified atom stereocenters. The molecular formula is C31H22ClNO3S2. The molecule has 0 aliphatic carbocycles. The molecule has 1 N–H and O–H groups in total. The molecule has 2 heterocycles. The fraction of sp³-hybridized carbons (Fsp3) is 0.0968. The molecule has 4 aromatic carbocycles. The molecule has 1 aliphatic heterocycles. The van der Waals surface area contributed by atoms with Crippen LogP contribution in [-0.4, -0.2) is 21.4 Å². The molecule has 4 nitrogen and oxygen atoms in total. The van der Waals surface area contributed by atoms with Crippen LogP contribution in [0.4, 0.5) is 0 Å². The van der Waals surface area contributed by atoms with E-state index in [9.17, 15) is 9.59 Å². The van der Waals surface area contributed by atoms with Crippen LogP contribution in [0.15, 0.2) is 111 Å². The topological polar surface area (TPSA) is 59.3 Å². The second-order valence-electron chi connectivity index (χ2n) is 9.11. The maximum atomic E-state index is 12.8. The van der Waals surface area contributed by atoms with Gasteiger partial charge in [-0.2, -0.15) is 0 Å². The molecule has 7 heteroatoms. The lowest BCUT2D eigenvalue weighted by atomic mass is 10.0. The summed E-state index contributed by atoms with van der Waals surface area (Å²) in [5.74, 6) is -1.11. The molecule has 1 aliphatic rings. The normalized spacial score (nSPS) is 12.2. The highest BCUT2D eigenvalue weighted by Gasteiger charge is 2.22. The van der Waals surface area contributed by atoms with Gasteiger partial charge in [-0.05, 0) is 41.0 Å². The van der Waals surface area contributed by atoms with Gasteiger partial charge in [0.25, 0.3) is 0 Å². The van der Waals surface area contributed by atoms with Gasteiger partial charge in [-0.15, -0.1) is 0 Å². The number of aliphatic carboxylic acids is 1. The van der Waals surface area contributed by atoms with Gasteiger partial charge >= 0.3 is 5.97 Å². The lowest BCUT2D eigenvalue weighted by molar-refractivity contribution is -0.136. The second kappa shape index (κ2) is 10.4. The third kappa shape index (κ3) is 4.75. The number of nitrogens with zero attached hydrogens (tertiary/aromatic N) is 1. The van der Waals surface area contributed by atoms with E-state index in [2.05, 4.69) is 53.1 Å². The smallest absolute Gasteiger partial charge is 0.303 e. The predicted octanol–water partition coefficient (Wildman–Crippen LogP) is 8.67. The van der Waals surface area contributed by atoms with E-state index in [0.717, 1.165) is 31.9 Å². The zero-order valence-electron chi connectivity index (χ0n) is 20.2. The Balaban J connectivity index is 1.28. The van der Waals surface area contributed by atoms with Gasteiger partial charge in [0.1, 0.15) is 0 Å². The Morgan fingerprint density at radius 1 is 0.789 bits per heavy atom. The number of para-hydroxylation sites is 1. The van der Waals surface area contributed by atoms with Crippen LogP contribution in [0.3, 0.4) is 0 Å². The Morgan fingerprint density at radius 2 is 1.50 bits per heavy atom. The summed E-state index contributed by atoms with van der Waals surface area (Å²) in [6.45, 7) is 0.608. The Bertz CT molecular complexity index is 1710. The fourth-order valence-electron chi connectivity index (χ4n) is 4.76. The largest absolute Gasteiger partial charge is 0.481 e. The van der Waals surface area contributed by atoms with E-state index in [1.165, 1.54) is 20.2 Å². The van der Waals surface area contributed by atoms with Crippen molar-refractivity contribution in [3.8, 4) is 11.1 Å². The molecule has 0 atom stereocenters. The van der Waals surface area contributed by atoms with Gasteiger partial charge < -0.3 is 9.67 Å². The van der Waals surface area contributed by atoms with Crippen molar-refractivity contribution in [2.75, 3.05) is 0 Å². The average molecular weight is 556 g/mol. The number of Topliss-reactive ketones (excluding diaryl/α,β-unsaturated/α-hetero) is 1. The average Bonchev–Trinajstić information content (AvgIpc) is 3.29. The number of ketones is 1. The first-order valence-electron chi connectivity index (χ1n) is 12.2. The molecule has 0 radical (unpaired) electrons. The maximum Gasteiger partial charge on any atom is 0.303 e. The van der Waals surface area contributed by atoms with Gasteiger partial charge in [-0.3, -0.25) is 9.59 Å². The number of aromatic nitrogens is 1. The molecule has 0 saturated carbocycles. The van der Waals surface area contributed by atoms with Crippen molar-refractivity contribution in [2.45, 2.75) is 39.0 Å². The van der Waals surface area contributed by atoms with E-state index in [-0.39, 0.29) is 18.6 Å². The van der Waals surface area contributed by atoms with Crippen molar-refractivity contribution in [1.82, 2.24) is 4.57 Å². The first kappa shape index (κ1) is 24.9. The Labute approximate surface area is 233 Å². The van der Waals surface area contributed by atoms with Gasteiger partial charge in [0.2, 0.25) is 0 Å². The SMILES string of the molecule is O=C(O)CCC(=O)c1cn(Cc2ccc(-c3cccc4c3Sc3cccc(Cl)c3S4)cc2)c2ccccc12. The fourth-order valence-corrected chi connectivity index (χ4v) is 7.54. The summed E-state index contributed by atoms with van der Waals surface area (Å²) in [6, 6.07) is 28.7. The zero-order valence-corrected chi connectivity index (χ0v) is 22.6. The quantitative estimate of drug-likeness (QED) is 0.200. The predicted molar refractivity (Wildman–Crippen MR) is 154 cm³/mol. The van der Waals surface area contributed by atoms with E-state index in [0.29, 0.717) is 12.1 Å². The van der Waals surface area contributed by atoms with E-state index < -0.39 is 5.97 Å². The van der Waals surface area contributed by atoms with E-state index in [4.69, 9.17) is 16.7 Å². The van der Waals surface area contributed by atoms with Crippen LogP contribution in [0.5, 0.6) is 0 Å². The maximum absolute atomic E-state index is 12.8. The van der Waals surface area contributed by atoms with E-state index in [1.807, 2.05) is 42.6 Å². The number of hydrogen-bond donors (Lipinski definition) is 1. The third-order valence-electron chi connectivity index (χ3n) is 6.61. The molecule has 1 aromatic heterocycles. The Morgan fingerprint density at radius 3 is 2.29 bits per heavy atom. The number of carbonyl (C=O) groups is 2. The standard InChI is InChI=1S/C31H22ClNO3S2/c32-24-7-4-10-28-31(24)38-27-9-3-6-21(30(27)37-28)20-13-11-19(12-14-20)17-33-18-23(26(34)15-16-29(35)36)22-5-1-2-8-25(22)33/h1-14,18H,15-17H2,(H,35,36). The lowest BCUT2D eigenvalue weighted by Crippen LogP contribution is -2.03. The van der Waals surface area contributed by atoms with Crippen molar-refractivity contribution in [3.63, 3.8) is 0 Å². The summed E-state index contributed by atoms with van der Waals surface area (Å²) < 4.78 is 2.07. The first-order chi connectivity index (χ1) is 18.5. The molecule has 0 amide bonds. The van der Waals surface area contributed by atoms with Crippen LogP contribution in [0, 0.1) is 0 Å². The van der Waals surface area contributed by atoms with Crippen molar-refractivity contribution in [3.05, 3.63) is 107 Å². The minimum atomic E-state index is -0.966. The summed E-state index contributed by atoms with van der Waals surface area (Å²) >= 11 is 9.93. The van der Waals surface area contributed by atoms with Crippen molar-refractivity contribution >= 4 is 57.8 Å². The van der Waals surface area contributed by atoms with Crippen LogP contribution in [0.2, 0.25) is 5.02 Å². The number of carboxylic acid groups (broad SMARTS) is 1. The minimum Gasteiger partial charge on any atom is -0.481 e. The summed E-state index contributed by atoms with van der Waals surface area (Å²) in [5.41, 5.74) is 4.98. The Hall–Kier alpha value is -3.45. The number of halogens is 1. The first-order valence-corrected chi connectivity index (χ1v) is 14.2. The molecule has 38 heavy (non-hydrogen) atoms. The molecule has 5 aromatic rings. The second-order valence-corrected chi connectivity index (χ2v) is 11.6. The van der Waals surface area contributed by atoms with Crippen LogP contribution in [-0.2, 0) is 11.3 Å². The molecule has 0 spiro atoms. The van der Waals surface area contributed by atoms with E-state index in [1.54, 1.807) is 23.5 Å². The van der Waals surface area contributed by atoms with Gasteiger partial charge in [-0.25, -0.2) is 0 Å². The summed E-state index contributed by atoms with van der Waals surface area (Å²) in [7, 11) is 0. The van der Waals surface area contributed by atoms with Crippen molar-refractivity contribution < 1.29 is 14.7 Å². The summed E-state index contributed by atoms with van der Waals surface area (Å²) in [6.07, 6.45) is 1.68. The van der Waals surface area contributed by atoms with Gasteiger partial charge in [0, 0.05) is 55.2 Å². The van der Waals surface area contributed by atoms with Gasteiger partial charge in [0.15, 0.2) is 5.78 Å². The number of rotatable bonds is 7. The molecular weight excluding hydrogens is 534 g/mol. The van der Waals surface area contributed by atoms with Gasteiger partial charge in [0.05, 0.1) is 11.4 Å². The van der Waals surface area contributed by atoms with Crippen LogP contribution in [0.25, 0.3) is 22.0 Å². The summed E-state index contributed by atoms with van der Waals surface area (Å²) in [4.78, 5) is 28.4. The highest BCUT2D eigenvalue weighted by molar-refractivity contribution is 8.05. The number of carboxylic acids is 1. The van der Waals surface area contributed by atoms with Crippen molar-refractivity contribution in [1.29, 1.82) is 0 Å². The molecule has 0 saturated heterocycles. The Kier molecular flexibility index (Phi) is 6.78. The van der Waals surface area contributed by atoms with Crippen LogP contribution in [0.1, 0.15) is 28.8 Å². The zero-order chi connectivity index (χ0) is 26.2. The highest BCUT2D eigenvalue weighted by Crippen LogP contribution is 2.53. The number of fused-ring (bicyclic) bond motifs is 3. The number of carbonyl (C=O) groups excluding carboxylic acids is 1. The monoisotopic (exact) mass is 555 g/mol. The molecule has 188 valence electrons. The lowest BCUT2D eigenvalue weighted by Gasteiger charge is -2.22. The number of benzene rings is 4. The van der Waals surface area contributed by atoms with Crippen molar-refractivity contribution in [2.24, 2.45) is 0 Å².